The molecule has 0 aliphatic rings. The van der Waals surface area contributed by atoms with E-state index in [0.717, 1.165) is 5.56 Å². The van der Waals surface area contributed by atoms with Crippen LogP contribution in [0, 0.1) is 6.92 Å². The predicted octanol–water partition coefficient (Wildman–Crippen LogP) is 3.10. The molecule has 0 aliphatic carbocycles. The second kappa shape index (κ2) is 7.23. The summed E-state index contributed by atoms with van der Waals surface area (Å²) in [5, 5.41) is 5.77. The first-order chi connectivity index (χ1) is 12.7. The zero-order chi connectivity index (χ0) is 19.6. The van der Waals surface area contributed by atoms with Gasteiger partial charge < -0.3 is 10.6 Å². The van der Waals surface area contributed by atoms with Crippen LogP contribution in [0.5, 0.6) is 0 Å². The summed E-state index contributed by atoms with van der Waals surface area (Å²) in [6, 6.07) is 13.3. The van der Waals surface area contributed by atoms with Gasteiger partial charge in [-0.3, -0.25) is 14.0 Å². The lowest BCUT2D eigenvalue weighted by Crippen LogP contribution is -2.40. The van der Waals surface area contributed by atoms with Gasteiger partial charge in [0.2, 0.25) is 5.82 Å². The number of fused-ring (bicyclic) bond motifs is 1. The molecule has 0 radical (unpaired) electrons. The highest BCUT2D eigenvalue weighted by Crippen LogP contribution is 2.15. The Balaban J connectivity index is 1.86. The fourth-order valence-electron chi connectivity index (χ4n) is 2.73. The molecule has 0 atom stereocenters. The minimum Gasteiger partial charge on any atom is -0.346 e. The Morgan fingerprint density at radius 2 is 1.74 bits per heavy atom. The number of aromatic nitrogens is 2. The average Bonchev–Trinajstić information content (AvgIpc) is 2.99. The van der Waals surface area contributed by atoms with E-state index in [9.17, 15) is 9.59 Å². The molecule has 0 aliphatic heterocycles. The van der Waals surface area contributed by atoms with Crippen LogP contribution in [0.3, 0.4) is 0 Å². The molecule has 2 heterocycles. The van der Waals surface area contributed by atoms with Crippen LogP contribution in [-0.2, 0) is 6.54 Å². The molecule has 0 saturated carbocycles. The highest BCUT2D eigenvalue weighted by molar-refractivity contribution is 6.02. The van der Waals surface area contributed by atoms with Crippen LogP contribution in [0.25, 0.3) is 5.52 Å². The second-order valence-electron chi connectivity index (χ2n) is 7.61. The zero-order valence-electron chi connectivity index (χ0n) is 16.0. The minimum absolute atomic E-state index is 0.191. The molecular formula is C21H24N4O2. The van der Waals surface area contributed by atoms with Gasteiger partial charge in [0, 0.05) is 18.3 Å². The van der Waals surface area contributed by atoms with Gasteiger partial charge in [-0.1, -0.05) is 35.9 Å². The van der Waals surface area contributed by atoms with Gasteiger partial charge in [0.1, 0.15) is 0 Å². The van der Waals surface area contributed by atoms with Crippen molar-refractivity contribution in [1.29, 1.82) is 0 Å². The van der Waals surface area contributed by atoms with Crippen molar-refractivity contribution in [1.82, 2.24) is 20.0 Å². The van der Waals surface area contributed by atoms with Crippen LogP contribution in [0.2, 0.25) is 0 Å². The quantitative estimate of drug-likeness (QED) is 0.747. The molecule has 27 heavy (non-hydrogen) atoms. The molecule has 3 aromatic rings. The third-order valence-electron chi connectivity index (χ3n) is 4.03. The summed E-state index contributed by atoms with van der Waals surface area (Å²) in [7, 11) is 0. The fraction of sp³-hybridized carbons (Fsp3) is 0.286. The number of aryl methyl sites for hydroxylation is 1. The largest absolute Gasteiger partial charge is 0.346 e. The normalized spacial score (nSPS) is 11.4. The van der Waals surface area contributed by atoms with E-state index in [0.29, 0.717) is 12.1 Å². The van der Waals surface area contributed by atoms with Crippen molar-refractivity contribution >= 4 is 17.3 Å². The number of hydrogen-bond acceptors (Lipinski definition) is 3. The molecule has 2 N–H and O–H groups in total. The number of imidazole rings is 1. The lowest BCUT2D eigenvalue weighted by Gasteiger charge is -2.19. The Kier molecular flexibility index (Phi) is 4.99. The van der Waals surface area contributed by atoms with E-state index < -0.39 is 5.54 Å². The number of pyridine rings is 1. The van der Waals surface area contributed by atoms with Gasteiger partial charge in [-0.2, -0.15) is 0 Å². The Morgan fingerprint density at radius 1 is 1.04 bits per heavy atom. The summed E-state index contributed by atoms with van der Waals surface area (Å²) >= 11 is 0. The second-order valence-corrected chi connectivity index (χ2v) is 7.61. The number of rotatable bonds is 4. The van der Waals surface area contributed by atoms with Crippen LogP contribution in [0.15, 0.2) is 48.7 Å². The molecule has 2 amide bonds. The molecule has 0 spiro atoms. The van der Waals surface area contributed by atoms with Crippen LogP contribution < -0.4 is 10.6 Å². The summed E-state index contributed by atoms with van der Waals surface area (Å²) in [4.78, 5) is 29.6. The van der Waals surface area contributed by atoms with E-state index in [1.54, 1.807) is 22.7 Å². The number of benzene rings is 1. The minimum atomic E-state index is -0.393. The monoisotopic (exact) mass is 364 g/mol. The molecule has 0 bridgehead atoms. The highest BCUT2D eigenvalue weighted by atomic mass is 16.2. The van der Waals surface area contributed by atoms with E-state index in [-0.39, 0.29) is 23.3 Å². The van der Waals surface area contributed by atoms with Gasteiger partial charge in [0.05, 0.1) is 5.52 Å². The van der Waals surface area contributed by atoms with Crippen molar-refractivity contribution < 1.29 is 9.59 Å². The lowest BCUT2D eigenvalue weighted by molar-refractivity contribution is 0.0916. The summed E-state index contributed by atoms with van der Waals surface area (Å²) < 4.78 is 1.64. The van der Waals surface area contributed by atoms with E-state index in [2.05, 4.69) is 15.6 Å². The third kappa shape index (κ3) is 4.34. The van der Waals surface area contributed by atoms with E-state index in [4.69, 9.17) is 0 Å². The summed E-state index contributed by atoms with van der Waals surface area (Å²) in [5.41, 5.74) is 2.61. The smallest absolute Gasteiger partial charge is 0.287 e. The number of carbonyl (C=O) groups is 2. The summed E-state index contributed by atoms with van der Waals surface area (Å²) in [6.45, 7) is 8.11. The van der Waals surface area contributed by atoms with E-state index in [1.165, 1.54) is 5.56 Å². The van der Waals surface area contributed by atoms with Gasteiger partial charge >= 0.3 is 0 Å². The van der Waals surface area contributed by atoms with Crippen LogP contribution >= 0.6 is 0 Å². The molecule has 140 valence electrons. The first-order valence-electron chi connectivity index (χ1n) is 8.88. The van der Waals surface area contributed by atoms with Gasteiger partial charge in [-0.15, -0.1) is 0 Å². The van der Waals surface area contributed by atoms with E-state index >= 15 is 0 Å². The van der Waals surface area contributed by atoms with Crippen molar-refractivity contribution in [3.63, 3.8) is 0 Å². The molecule has 0 saturated heterocycles. The average molecular weight is 364 g/mol. The van der Waals surface area contributed by atoms with Crippen LogP contribution in [-0.4, -0.2) is 26.7 Å². The number of nitrogens with zero attached hydrogens (tertiary/aromatic N) is 2. The molecule has 6 nitrogen and oxygen atoms in total. The zero-order valence-corrected chi connectivity index (χ0v) is 16.0. The maximum Gasteiger partial charge on any atom is 0.287 e. The fourth-order valence-corrected chi connectivity index (χ4v) is 2.73. The highest BCUT2D eigenvalue weighted by Gasteiger charge is 2.23. The Hall–Kier alpha value is -3.15. The van der Waals surface area contributed by atoms with Crippen LogP contribution in [0.4, 0.5) is 0 Å². The lowest BCUT2D eigenvalue weighted by atomic mass is 10.1. The first-order valence-corrected chi connectivity index (χ1v) is 8.88. The SMILES string of the molecule is Cc1ccc(CNC(=O)c2nc(C(=O)NC(C)(C)C)c3ccccn23)cc1. The maximum atomic E-state index is 12.7. The van der Waals surface area contributed by atoms with Gasteiger partial charge in [0.25, 0.3) is 11.8 Å². The summed E-state index contributed by atoms with van der Waals surface area (Å²) in [5.74, 6) is -0.438. The standard InChI is InChI=1S/C21H24N4O2/c1-14-8-10-15(11-9-14)13-22-20(27)18-23-17(19(26)24-21(2,3)4)16-7-5-6-12-25(16)18/h5-12H,13H2,1-4H3,(H,22,27)(H,24,26). The van der Waals surface area contributed by atoms with Gasteiger partial charge in [0.15, 0.2) is 5.69 Å². The molecule has 0 fully saturated rings. The molecule has 1 aromatic carbocycles. The van der Waals surface area contributed by atoms with Crippen molar-refractivity contribution in [3.8, 4) is 0 Å². The number of amides is 2. The van der Waals surface area contributed by atoms with Crippen molar-refractivity contribution in [2.75, 3.05) is 0 Å². The molecular weight excluding hydrogens is 340 g/mol. The predicted molar refractivity (Wildman–Crippen MR) is 105 cm³/mol. The molecule has 3 rings (SSSR count). The van der Waals surface area contributed by atoms with Gasteiger partial charge in [-0.05, 0) is 45.4 Å². The Morgan fingerprint density at radius 3 is 2.41 bits per heavy atom. The number of carbonyl (C=O) groups excluding carboxylic acids is 2. The molecule has 6 heteroatoms. The maximum absolute atomic E-state index is 12.7. The third-order valence-corrected chi connectivity index (χ3v) is 4.03. The summed E-state index contributed by atoms with van der Waals surface area (Å²) in [6.07, 6.45) is 1.73. The van der Waals surface area contributed by atoms with E-state index in [1.807, 2.05) is 58.0 Å². The van der Waals surface area contributed by atoms with Crippen molar-refractivity contribution in [2.24, 2.45) is 0 Å². The molecule has 0 unspecified atom stereocenters. The first kappa shape index (κ1) is 18.6. The van der Waals surface area contributed by atoms with Crippen molar-refractivity contribution in [2.45, 2.75) is 39.8 Å². The van der Waals surface area contributed by atoms with Gasteiger partial charge in [-0.25, -0.2) is 4.98 Å². The van der Waals surface area contributed by atoms with Crippen molar-refractivity contribution in [3.05, 3.63) is 71.3 Å². The molecule has 2 aromatic heterocycles. The number of nitrogens with one attached hydrogen (secondary N) is 2. The van der Waals surface area contributed by atoms with Crippen LogP contribution in [0.1, 0.15) is 53.0 Å². The Bertz CT molecular complexity index is 982. The number of hydrogen-bond donors (Lipinski definition) is 2. The topological polar surface area (TPSA) is 75.5 Å². The Labute approximate surface area is 158 Å².